The van der Waals surface area contributed by atoms with Crippen LogP contribution in [0, 0.1) is 11.8 Å². The van der Waals surface area contributed by atoms with Gasteiger partial charge < -0.3 is 0 Å². The first-order valence-corrected chi connectivity index (χ1v) is 9.10. The van der Waals surface area contributed by atoms with E-state index in [4.69, 9.17) is 23.2 Å². The maximum Gasteiger partial charge on any atom is 0.286 e. The number of amides is 1. The lowest BCUT2D eigenvalue weighted by Gasteiger charge is -2.05. The lowest BCUT2D eigenvalue weighted by molar-refractivity contribution is 0.100. The Kier molecular flexibility index (Phi) is 5.42. The fraction of sp³-hybridized carbons (Fsp3) is 0.125. The summed E-state index contributed by atoms with van der Waals surface area (Å²) in [7, 11) is -2.99. The van der Waals surface area contributed by atoms with Crippen molar-refractivity contribution in [2.45, 2.75) is 11.8 Å². The van der Waals surface area contributed by atoms with Crippen molar-refractivity contribution in [3.05, 3.63) is 57.8 Å². The van der Waals surface area contributed by atoms with Crippen LogP contribution in [0.4, 0.5) is 0 Å². The van der Waals surface area contributed by atoms with Crippen molar-refractivity contribution in [1.29, 1.82) is 0 Å². The summed E-state index contributed by atoms with van der Waals surface area (Å²) in [5.74, 6) is 4.88. The van der Waals surface area contributed by atoms with Gasteiger partial charge in [-0.3, -0.25) is 9.78 Å². The molecule has 1 aromatic carbocycles. The second-order valence-electron chi connectivity index (χ2n) is 4.64. The summed E-state index contributed by atoms with van der Waals surface area (Å²) in [6.07, 6.45) is 4.25. The molecule has 0 aliphatic rings. The molecule has 23 heavy (non-hydrogen) atoms. The number of pyridine rings is 1. The van der Waals surface area contributed by atoms with Crippen molar-refractivity contribution in [3.63, 3.8) is 0 Å². The number of aromatic nitrogens is 1. The molecule has 1 amide bonds. The zero-order chi connectivity index (χ0) is 17.0. The fourth-order valence-corrected chi connectivity index (χ4v) is 3.65. The molecule has 1 aromatic heterocycles. The van der Waals surface area contributed by atoms with Crippen LogP contribution in [0.25, 0.3) is 0 Å². The molecular weight excluding hydrogens is 355 g/mol. The van der Waals surface area contributed by atoms with Crippen LogP contribution in [0.1, 0.15) is 22.8 Å². The summed E-state index contributed by atoms with van der Waals surface area (Å²) in [5.41, 5.74) is 0.801. The van der Waals surface area contributed by atoms with Gasteiger partial charge in [0.1, 0.15) is 0 Å². The molecule has 1 atom stereocenters. The van der Waals surface area contributed by atoms with Gasteiger partial charge in [0.2, 0.25) is 0 Å². The van der Waals surface area contributed by atoms with Crippen molar-refractivity contribution < 1.29 is 9.00 Å². The molecule has 0 aliphatic carbocycles. The lowest BCUT2D eigenvalue weighted by atomic mass is 10.2. The fourth-order valence-electron chi connectivity index (χ4n) is 1.78. The molecule has 7 heteroatoms. The quantitative estimate of drug-likeness (QED) is 0.753. The number of benzene rings is 1. The molecule has 0 aliphatic heterocycles. The predicted octanol–water partition coefficient (Wildman–Crippen LogP) is 4.06. The van der Waals surface area contributed by atoms with Gasteiger partial charge in [0, 0.05) is 34.3 Å². The number of rotatable bonds is 2. The summed E-state index contributed by atoms with van der Waals surface area (Å²) in [4.78, 5) is 16.5. The Labute approximate surface area is 145 Å². The number of hydrogen-bond donors (Lipinski definition) is 0. The van der Waals surface area contributed by atoms with E-state index in [1.165, 1.54) is 36.8 Å². The largest absolute Gasteiger partial charge is 0.286 e. The minimum absolute atomic E-state index is 0.216. The van der Waals surface area contributed by atoms with E-state index in [1.54, 1.807) is 13.0 Å². The van der Waals surface area contributed by atoms with Crippen molar-refractivity contribution in [2.24, 2.45) is 4.36 Å². The molecule has 0 bridgehead atoms. The summed E-state index contributed by atoms with van der Waals surface area (Å²) in [5, 5.41) is 0.651. The number of carbonyl (C=O) groups is 1. The molecule has 2 rings (SSSR count). The third kappa shape index (κ3) is 4.55. The van der Waals surface area contributed by atoms with E-state index >= 15 is 0 Å². The Balaban J connectivity index is 2.46. The average molecular weight is 367 g/mol. The van der Waals surface area contributed by atoms with Crippen molar-refractivity contribution >= 4 is 38.8 Å². The van der Waals surface area contributed by atoms with Gasteiger partial charge in [-0.1, -0.05) is 29.1 Å². The van der Waals surface area contributed by atoms with Gasteiger partial charge in [-0.2, -0.15) is 4.36 Å². The van der Waals surface area contributed by atoms with Crippen molar-refractivity contribution in [1.82, 2.24) is 4.98 Å². The monoisotopic (exact) mass is 366 g/mol. The highest BCUT2D eigenvalue weighted by atomic mass is 35.5. The SMILES string of the molecule is CC#Cc1cncc(C(=O)N=S(C)(=O)c2cc(Cl)cc(Cl)c2)c1. The first-order chi connectivity index (χ1) is 10.8. The van der Waals surface area contributed by atoms with Gasteiger partial charge in [0.15, 0.2) is 0 Å². The van der Waals surface area contributed by atoms with Crippen LogP contribution in [0.2, 0.25) is 10.0 Å². The number of halogens is 2. The van der Waals surface area contributed by atoms with Gasteiger partial charge in [-0.05, 0) is 31.2 Å². The summed E-state index contributed by atoms with van der Waals surface area (Å²) in [6.45, 7) is 1.68. The van der Waals surface area contributed by atoms with E-state index < -0.39 is 15.6 Å². The average Bonchev–Trinajstić information content (AvgIpc) is 2.46. The number of carbonyl (C=O) groups excluding carboxylic acids is 1. The van der Waals surface area contributed by atoms with E-state index in [0.717, 1.165) is 0 Å². The molecule has 0 N–H and O–H groups in total. The molecule has 0 saturated heterocycles. The first-order valence-electron chi connectivity index (χ1n) is 6.42. The normalized spacial score (nSPS) is 12.7. The van der Waals surface area contributed by atoms with Crippen molar-refractivity contribution in [2.75, 3.05) is 6.26 Å². The smallest absolute Gasteiger partial charge is 0.266 e. The summed E-state index contributed by atoms with van der Waals surface area (Å²) >= 11 is 11.8. The Bertz CT molecular complexity index is 932. The van der Waals surface area contributed by atoms with Crippen LogP contribution < -0.4 is 0 Å². The Morgan fingerprint density at radius 1 is 1.17 bits per heavy atom. The van der Waals surface area contributed by atoms with Crippen LogP contribution in [0.15, 0.2) is 45.9 Å². The molecule has 2 aromatic rings. The van der Waals surface area contributed by atoms with Crippen LogP contribution >= 0.6 is 23.2 Å². The standard InChI is InChI=1S/C16H12Cl2N2O2S/c1-3-4-11-5-12(10-19-9-11)16(21)20-23(2,22)15-7-13(17)6-14(18)8-15/h5-10H,1-2H3. The topological polar surface area (TPSA) is 59.4 Å². The van der Waals surface area contributed by atoms with E-state index in [9.17, 15) is 9.00 Å². The van der Waals surface area contributed by atoms with Gasteiger partial charge in [0.05, 0.1) is 20.2 Å². The van der Waals surface area contributed by atoms with Gasteiger partial charge >= 0.3 is 0 Å². The number of nitrogens with zero attached hydrogens (tertiary/aromatic N) is 2. The number of hydrogen-bond acceptors (Lipinski definition) is 3. The minimum atomic E-state index is -2.99. The maximum atomic E-state index is 12.7. The maximum absolute atomic E-state index is 12.7. The zero-order valence-electron chi connectivity index (χ0n) is 12.3. The Morgan fingerprint density at radius 3 is 2.43 bits per heavy atom. The van der Waals surface area contributed by atoms with E-state index in [0.29, 0.717) is 20.5 Å². The highest BCUT2D eigenvalue weighted by Crippen LogP contribution is 2.23. The molecule has 0 radical (unpaired) electrons. The molecule has 0 fully saturated rings. The summed E-state index contributed by atoms with van der Waals surface area (Å²) < 4.78 is 16.5. The third-order valence-electron chi connectivity index (χ3n) is 2.79. The van der Waals surface area contributed by atoms with E-state index in [2.05, 4.69) is 21.2 Å². The second kappa shape index (κ2) is 7.14. The highest BCUT2D eigenvalue weighted by molar-refractivity contribution is 7.93. The minimum Gasteiger partial charge on any atom is -0.266 e. The van der Waals surface area contributed by atoms with Gasteiger partial charge in [-0.25, -0.2) is 4.21 Å². The molecule has 0 saturated carbocycles. The molecule has 0 spiro atoms. The van der Waals surface area contributed by atoms with Gasteiger partial charge in [0.25, 0.3) is 5.91 Å². The van der Waals surface area contributed by atoms with Crippen LogP contribution in [0.5, 0.6) is 0 Å². The second-order valence-corrected chi connectivity index (χ2v) is 7.77. The van der Waals surface area contributed by atoms with E-state index in [-0.39, 0.29) is 5.56 Å². The summed E-state index contributed by atoms with van der Waals surface area (Å²) in [6, 6.07) is 6.02. The van der Waals surface area contributed by atoms with Crippen LogP contribution in [-0.2, 0) is 9.73 Å². The Morgan fingerprint density at radius 2 is 1.83 bits per heavy atom. The van der Waals surface area contributed by atoms with Crippen LogP contribution in [0.3, 0.4) is 0 Å². The molecular formula is C16H12Cl2N2O2S. The van der Waals surface area contributed by atoms with Crippen LogP contribution in [-0.4, -0.2) is 21.4 Å². The molecule has 118 valence electrons. The molecule has 1 heterocycles. The van der Waals surface area contributed by atoms with Gasteiger partial charge in [-0.15, -0.1) is 5.92 Å². The third-order valence-corrected chi connectivity index (χ3v) is 4.85. The van der Waals surface area contributed by atoms with E-state index in [1.807, 2.05) is 0 Å². The van der Waals surface area contributed by atoms with Crippen molar-refractivity contribution in [3.8, 4) is 11.8 Å². The highest BCUT2D eigenvalue weighted by Gasteiger charge is 2.13. The zero-order valence-corrected chi connectivity index (χ0v) is 14.7. The molecule has 1 unspecified atom stereocenters. The Hall–Kier alpha value is -1.87. The predicted molar refractivity (Wildman–Crippen MR) is 92.3 cm³/mol. The molecule has 4 nitrogen and oxygen atoms in total. The lowest BCUT2D eigenvalue weighted by Crippen LogP contribution is -2.04. The first kappa shape index (κ1) is 17.5.